The lowest BCUT2D eigenvalue weighted by atomic mass is 10.0. The van der Waals surface area contributed by atoms with E-state index in [0.29, 0.717) is 12.3 Å². The fourth-order valence-corrected chi connectivity index (χ4v) is 1.21. The Balaban J connectivity index is 2.63. The van der Waals surface area contributed by atoms with E-state index in [2.05, 4.69) is 4.74 Å². The van der Waals surface area contributed by atoms with E-state index < -0.39 is 12.1 Å². The van der Waals surface area contributed by atoms with Gasteiger partial charge < -0.3 is 4.74 Å². The quantitative estimate of drug-likeness (QED) is 0.460. The predicted octanol–water partition coefficient (Wildman–Crippen LogP) is 1.01. The zero-order chi connectivity index (χ0) is 9.30. The predicted molar refractivity (Wildman–Crippen MR) is 42.5 cm³/mol. The molecule has 0 spiro atoms. The lowest BCUT2D eigenvalue weighted by Gasteiger charge is -2.15. The second kappa shape index (κ2) is 3.13. The van der Waals surface area contributed by atoms with Crippen molar-refractivity contribution in [1.29, 1.82) is 0 Å². The average molecular weight is 171 g/mol. The van der Waals surface area contributed by atoms with Crippen LogP contribution in [0.1, 0.15) is 20.3 Å². The minimum atomic E-state index is -0.536. The van der Waals surface area contributed by atoms with Crippen LogP contribution in [0.25, 0.3) is 0 Å². The molecule has 1 unspecified atom stereocenters. The topological polar surface area (TPSA) is 46.6 Å². The summed E-state index contributed by atoms with van der Waals surface area (Å²) in [6.45, 7) is 4.01. The van der Waals surface area contributed by atoms with Crippen molar-refractivity contribution in [3.63, 3.8) is 0 Å². The van der Waals surface area contributed by atoms with Gasteiger partial charge in [-0.15, -0.1) is 0 Å². The van der Waals surface area contributed by atoms with Crippen LogP contribution in [0.4, 0.5) is 4.79 Å². The van der Waals surface area contributed by atoms with Gasteiger partial charge >= 0.3 is 12.1 Å². The van der Waals surface area contributed by atoms with Crippen molar-refractivity contribution in [2.75, 3.05) is 7.05 Å². The Morgan fingerprint density at radius 1 is 1.50 bits per heavy atom. The molecule has 1 saturated heterocycles. The number of carbonyl (C=O) groups is 2. The summed E-state index contributed by atoms with van der Waals surface area (Å²) in [5.41, 5.74) is 0. The highest BCUT2D eigenvalue weighted by Gasteiger charge is 2.38. The number of hydrogen-bond acceptors (Lipinski definition) is 3. The van der Waals surface area contributed by atoms with E-state index in [1.807, 2.05) is 13.8 Å². The first-order chi connectivity index (χ1) is 5.52. The van der Waals surface area contributed by atoms with Crippen LogP contribution in [0.15, 0.2) is 0 Å². The second-order valence-corrected chi connectivity index (χ2v) is 3.44. The number of hydrogen-bond donors (Lipinski definition) is 0. The molecule has 1 fully saturated rings. The number of cyclic esters (lactones) is 2. The van der Waals surface area contributed by atoms with E-state index in [4.69, 9.17) is 0 Å². The third-order valence-corrected chi connectivity index (χ3v) is 1.91. The maximum absolute atomic E-state index is 11.0. The van der Waals surface area contributed by atoms with E-state index >= 15 is 0 Å². The molecule has 0 saturated carbocycles. The van der Waals surface area contributed by atoms with Crippen molar-refractivity contribution in [2.24, 2.45) is 5.92 Å². The number of ether oxygens (including phenoxy) is 1. The molecular formula is C8H13NO3. The monoisotopic (exact) mass is 171 g/mol. The first-order valence-electron chi connectivity index (χ1n) is 4.01. The Morgan fingerprint density at radius 2 is 2.08 bits per heavy atom. The first-order valence-corrected chi connectivity index (χ1v) is 4.01. The summed E-state index contributed by atoms with van der Waals surface area (Å²) >= 11 is 0. The van der Waals surface area contributed by atoms with E-state index in [-0.39, 0.29) is 6.04 Å². The molecule has 0 N–H and O–H groups in total. The molecule has 0 aliphatic carbocycles. The summed E-state index contributed by atoms with van der Waals surface area (Å²) in [4.78, 5) is 23.3. The van der Waals surface area contributed by atoms with Crippen LogP contribution in [-0.4, -0.2) is 30.1 Å². The van der Waals surface area contributed by atoms with Crippen LogP contribution in [-0.2, 0) is 9.53 Å². The zero-order valence-corrected chi connectivity index (χ0v) is 7.53. The molecule has 0 bridgehead atoms. The highest BCUT2D eigenvalue weighted by atomic mass is 16.6. The van der Waals surface area contributed by atoms with Crippen molar-refractivity contribution in [3.8, 4) is 0 Å². The summed E-state index contributed by atoms with van der Waals surface area (Å²) in [5.74, 6) is -0.0351. The number of rotatable bonds is 2. The summed E-state index contributed by atoms with van der Waals surface area (Å²) in [6.07, 6.45) is 0.131. The molecule has 1 atom stereocenters. The van der Waals surface area contributed by atoms with Gasteiger partial charge in [-0.1, -0.05) is 13.8 Å². The van der Waals surface area contributed by atoms with E-state index in [9.17, 15) is 9.59 Å². The Kier molecular flexibility index (Phi) is 2.35. The number of amides is 1. The minimum absolute atomic E-state index is 0.377. The van der Waals surface area contributed by atoms with Crippen LogP contribution >= 0.6 is 0 Å². The number of carbonyl (C=O) groups excluding carboxylic acids is 2. The fourth-order valence-electron chi connectivity index (χ4n) is 1.21. The molecule has 1 aliphatic rings. The Bertz CT molecular complexity index is 212. The number of esters is 1. The Morgan fingerprint density at radius 3 is 2.42 bits per heavy atom. The maximum atomic E-state index is 11.0. The van der Waals surface area contributed by atoms with Gasteiger partial charge in [-0.05, 0) is 12.3 Å². The average Bonchev–Trinajstić information content (AvgIpc) is 2.16. The van der Waals surface area contributed by atoms with Gasteiger partial charge in [0.2, 0.25) is 0 Å². The van der Waals surface area contributed by atoms with Crippen LogP contribution in [0.5, 0.6) is 0 Å². The smallest absolute Gasteiger partial charge is 0.375 e. The van der Waals surface area contributed by atoms with E-state index in [1.165, 1.54) is 4.90 Å². The van der Waals surface area contributed by atoms with E-state index in [1.54, 1.807) is 7.05 Å². The molecule has 1 aliphatic heterocycles. The third-order valence-electron chi connectivity index (χ3n) is 1.91. The van der Waals surface area contributed by atoms with Gasteiger partial charge in [0.15, 0.2) is 0 Å². The molecule has 1 heterocycles. The molecule has 0 aromatic rings. The van der Waals surface area contributed by atoms with Gasteiger partial charge in [0.05, 0.1) is 0 Å². The van der Waals surface area contributed by atoms with Gasteiger partial charge in [-0.3, -0.25) is 4.90 Å². The molecule has 0 aromatic heterocycles. The van der Waals surface area contributed by atoms with Crippen LogP contribution in [0, 0.1) is 5.92 Å². The molecular weight excluding hydrogens is 158 g/mol. The molecule has 68 valence electrons. The molecule has 0 radical (unpaired) electrons. The minimum Gasteiger partial charge on any atom is -0.375 e. The summed E-state index contributed by atoms with van der Waals surface area (Å²) in [6, 6.07) is -0.377. The maximum Gasteiger partial charge on any atom is 0.418 e. The normalized spacial score (nSPS) is 23.7. The Hall–Kier alpha value is -1.06. The molecule has 4 nitrogen and oxygen atoms in total. The largest absolute Gasteiger partial charge is 0.418 e. The molecule has 4 heteroatoms. The van der Waals surface area contributed by atoms with Gasteiger partial charge in [0, 0.05) is 7.05 Å². The lowest BCUT2D eigenvalue weighted by molar-refractivity contribution is -0.136. The Labute approximate surface area is 71.5 Å². The number of likely N-dealkylation sites (N-methyl/N-ethyl adjacent to an activating group) is 1. The van der Waals surface area contributed by atoms with Crippen molar-refractivity contribution in [1.82, 2.24) is 4.90 Å². The fraction of sp³-hybridized carbons (Fsp3) is 0.750. The van der Waals surface area contributed by atoms with Crippen molar-refractivity contribution in [2.45, 2.75) is 26.3 Å². The van der Waals surface area contributed by atoms with E-state index in [0.717, 1.165) is 0 Å². The molecule has 0 aromatic carbocycles. The van der Waals surface area contributed by atoms with Gasteiger partial charge in [0.1, 0.15) is 6.04 Å². The van der Waals surface area contributed by atoms with Crippen molar-refractivity contribution < 1.29 is 14.3 Å². The highest BCUT2D eigenvalue weighted by Crippen LogP contribution is 2.18. The molecule has 12 heavy (non-hydrogen) atoms. The first kappa shape index (κ1) is 9.03. The lowest BCUT2D eigenvalue weighted by Crippen LogP contribution is -2.32. The van der Waals surface area contributed by atoms with Crippen LogP contribution < -0.4 is 0 Å². The van der Waals surface area contributed by atoms with Gasteiger partial charge in [-0.25, -0.2) is 9.59 Å². The summed E-state index contributed by atoms with van der Waals surface area (Å²) in [7, 11) is 1.58. The van der Waals surface area contributed by atoms with Crippen molar-refractivity contribution >= 4 is 12.1 Å². The van der Waals surface area contributed by atoms with Crippen LogP contribution in [0.3, 0.4) is 0 Å². The molecule has 1 rings (SSSR count). The zero-order valence-electron chi connectivity index (χ0n) is 7.53. The summed E-state index contributed by atoms with van der Waals surface area (Å²) < 4.78 is 4.44. The second-order valence-electron chi connectivity index (χ2n) is 3.44. The van der Waals surface area contributed by atoms with Crippen molar-refractivity contribution in [3.05, 3.63) is 0 Å². The highest BCUT2D eigenvalue weighted by molar-refractivity contribution is 5.95. The summed E-state index contributed by atoms with van der Waals surface area (Å²) in [5, 5.41) is 0. The van der Waals surface area contributed by atoms with Gasteiger partial charge in [0.25, 0.3) is 0 Å². The number of nitrogens with zero attached hydrogens (tertiary/aromatic N) is 1. The van der Waals surface area contributed by atoms with Gasteiger partial charge in [-0.2, -0.15) is 0 Å². The van der Waals surface area contributed by atoms with Crippen LogP contribution in [0.2, 0.25) is 0 Å². The third kappa shape index (κ3) is 1.57. The molecule has 1 amide bonds. The SMILES string of the molecule is CC(C)CC1C(=O)OC(=O)N1C. The standard InChI is InChI=1S/C8H13NO3/c1-5(2)4-6-7(10)12-8(11)9(6)3/h5-6H,4H2,1-3H3.